The van der Waals surface area contributed by atoms with Gasteiger partial charge in [0.25, 0.3) is 0 Å². The van der Waals surface area contributed by atoms with Gasteiger partial charge in [-0.15, -0.1) is 0 Å². The van der Waals surface area contributed by atoms with Crippen molar-refractivity contribution in [1.82, 2.24) is 0 Å². The van der Waals surface area contributed by atoms with Gasteiger partial charge in [0.1, 0.15) is 11.3 Å². The van der Waals surface area contributed by atoms with Crippen molar-refractivity contribution < 1.29 is 33.7 Å². The molecule has 0 bridgehead atoms. The van der Waals surface area contributed by atoms with Crippen molar-refractivity contribution in [2.24, 2.45) is 28.6 Å². The number of rotatable bonds is 3. The highest BCUT2D eigenvalue weighted by Gasteiger charge is 2.74. The molecule has 0 spiro atoms. The Balaban J connectivity index is 1.72. The van der Waals surface area contributed by atoms with E-state index in [-0.39, 0.29) is 30.5 Å². The molecule has 0 aromatic heterocycles. The van der Waals surface area contributed by atoms with Crippen molar-refractivity contribution >= 4 is 17.5 Å². The number of esters is 1. The van der Waals surface area contributed by atoms with Gasteiger partial charge in [-0.3, -0.25) is 14.4 Å². The maximum Gasteiger partial charge on any atom is 0.303 e. The van der Waals surface area contributed by atoms with E-state index in [1.807, 2.05) is 6.92 Å². The smallest absolute Gasteiger partial charge is 0.303 e. The highest BCUT2D eigenvalue weighted by Crippen LogP contribution is 2.70. The predicted octanol–water partition coefficient (Wildman–Crippen LogP) is 2.69. The molecule has 3 fully saturated rings. The first-order chi connectivity index (χ1) is 14.3. The van der Waals surface area contributed by atoms with Crippen molar-refractivity contribution in [3.8, 4) is 0 Å². The van der Waals surface area contributed by atoms with E-state index in [4.69, 9.17) is 4.74 Å². The van der Waals surface area contributed by atoms with Crippen LogP contribution in [-0.4, -0.2) is 51.7 Å². The van der Waals surface area contributed by atoms with E-state index >= 15 is 4.39 Å². The van der Waals surface area contributed by atoms with Crippen molar-refractivity contribution in [2.45, 2.75) is 83.6 Å². The molecule has 4 aliphatic carbocycles. The third kappa shape index (κ3) is 2.78. The highest BCUT2D eigenvalue weighted by atomic mass is 19.1. The summed E-state index contributed by atoms with van der Waals surface area (Å²) in [6.07, 6.45) is 2.15. The largest absolute Gasteiger partial charge is 0.458 e. The molecule has 0 radical (unpaired) electrons. The molecule has 3 saturated carbocycles. The van der Waals surface area contributed by atoms with Crippen molar-refractivity contribution in [1.29, 1.82) is 0 Å². The summed E-state index contributed by atoms with van der Waals surface area (Å²) in [6.45, 7) is 6.06. The van der Waals surface area contributed by atoms with Gasteiger partial charge >= 0.3 is 5.97 Å². The van der Waals surface area contributed by atoms with E-state index in [9.17, 15) is 24.6 Å². The monoisotopic (exact) mass is 436 g/mol. The Morgan fingerprint density at radius 2 is 1.90 bits per heavy atom. The average Bonchev–Trinajstić information content (AvgIpc) is 2.94. The highest BCUT2D eigenvalue weighted by molar-refractivity contribution is 5.93. The van der Waals surface area contributed by atoms with Gasteiger partial charge in [-0.2, -0.15) is 0 Å². The lowest BCUT2D eigenvalue weighted by atomic mass is 9.43. The zero-order valence-electron chi connectivity index (χ0n) is 18.7. The maximum atomic E-state index is 17.1. The Bertz CT molecular complexity index is 868. The van der Waals surface area contributed by atoms with Crippen LogP contribution in [0.25, 0.3) is 0 Å². The Hall–Kier alpha value is -1.60. The third-order valence-electron chi connectivity index (χ3n) is 9.37. The fraction of sp³-hybridized carbons (Fsp3) is 0.792. The normalized spacial score (nSPS) is 48.9. The fourth-order valence-corrected chi connectivity index (χ4v) is 7.64. The quantitative estimate of drug-likeness (QED) is 0.660. The number of Topliss-reactive ketones (excluding diaryl/α,β-unsaturated/α-hetero) is 1. The second-order valence-corrected chi connectivity index (χ2v) is 10.8. The van der Waals surface area contributed by atoms with E-state index in [0.717, 1.165) is 5.57 Å². The van der Waals surface area contributed by atoms with Crippen LogP contribution in [0, 0.1) is 28.6 Å². The van der Waals surface area contributed by atoms with E-state index < -0.39 is 52.5 Å². The van der Waals surface area contributed by atoms with Crippen LogP contribution in [-0.2, 0) is 19.1 Å². The topological polar surface area (TPSA) is 101 Å². The molecule has 4 rings (SSSR count). The lowest BCUT2D eigenvalue weighted by Gasteiger charge is -2.63. The average molecular weight is 437 g/mol. The van der Waals surface area contributed by atoms with Gasteiger partial charge in [0.2, 0.25) is 5.78 Å². The van der Waals surface area contributed by atoms with Crippen molar-refractivity contribution in [3.63, 3.8) is 0 Å². The molecule has 0 aromatic rings. The number of allylic oxidation sites excluding steroid dienone is 1. The maximum absolute atomic E-state index is 17.1. The molecule has 0 aromatic carbocycles. The number of aliphatic hydroxyl groups is 2. The van der Waals surface area contributed by atoms with Gasteiger partial charge in [0.15, 0.2) is 12.4 Å². The number of ether oxygens (including phenoxy) is 1. The van der Waals surface area contributed by atoms with Gasteiger partial charge in [-0.25, -0.2) is 4.39 Å². The summed E-state index contributed by atoms with van der Waals surface area (Å²) in [5.74, 6) is -2.32. The number of carbonyl (C=O) groups excluding carboxylic acids is 3. The molecule has 31 heavy (non-hydrogen) atoms. The van der Waals surface area contributed by atoms with E-state index in [0.29, 0.717) is 25.7 Å². The Morgan fingerprint density at radius 3 is 2.55 bits per heavy atom. The molecule has 0 aliphatic heterocycles. The Kier molecular flexibility index (Phi) is 5.06. The van der Waals surface area contributed by atoms with Gasteiger partial charge in [0.05, 0.1) is 6.10 Å². The summed E-state index contributed by atoms with van der Waals surface area (Å²) >= 11 is 0. The van der Waals surface area contributed by atoms with Crippen LogP contribution in [0.3, 0.4) is 0 Å². The lowest BCUT2D eigenvalue weighted by Crippen LogP contribution is -2.69. The standard InChI is InChI=1S/C24H33FO6/c1-13-10-21(3)15(9-18(13)27)5-6-17-16-7-8-23(30,20(29)12-31-14(2)26)22(16,4)11-19(28)24(17,21)25/h9,13,16-17,19,28,30H,5-8,10-12H2,1-4H3/t13-,16-,17+,19-,21+,22+,23+,24+/m1/s1. The third-order valence-corrected chi connectivity index (χ3v) is 9.37. The van der Waals surface area contributed by atoms with Crippen LogP contribution in [0.5, 0.6) is 0 Å². The zero-order valence-corrected chi connectivity index (χ0v) is 18.7. The Morgan fingerprint density at radius 1 is 1.23 bits per heavy atom. The second kappa shape index (κ2) is 6.95. The number of alkyl halides is 1. The number of halogens is 1. The van der Waals surface area contributed by atoms with Gasteiger partial charge in [-0.05, 0) is 50.5 Å². The first kappa shape index (κ1) is 22.6. The molecule has 2 N–H and O–H groups in total. The summed E-state index contributed by atoms with van der Waals surface area (Å²) in [7, 11) is 0. The molecular formula is C24H33FO6. The Labute approximate surface area is 182 Å². The van der Waals surface area contributed by atoms with Crippen LogP contribution in [0.2, 0.25) is 0 Å². The van der Waals surface area contributed by atoms with Crippen LogP contribution in [0.15, 0.2) is 11.6 Å². The first-order valence-electron chi connectivity index (χ1n) is 11.3. The summed E-state index contributed by atoms with van der Waals surface area (Å²) < 4.78 is 22.0. The number of fused-ring (bicyclic) bond motifs is 5. The van der Waals surface area contributed by atoms with Crippen LogP contribution in [0.1, 0.15) is 66.2 Å². The summed E-state index contributed by atoms with van der Waals surface area (Å²) in [5, 5.41) is 22.7. The molecule has 0 heterocycles. The molecule has 0 unspecified atom stereocenters. The molecule has 172 valence electrons. The second-order valence-electron chi connectivity index (χ2n) is 10.8. The first-order valence-corrected chi connectivity index (χ1v) is 11.3. The SMILES string of the molecule is CC(=O)OCC(=O)[C@@]1(O)CC[C@@H]2[C@@H]3CCC4=CC(=O)[C@H](C)C[C@]4(C)[C@@]3(F)[C@H](O)C[C@@]21C. The number of hydrogen-bond acceptors (Lipinski definition) is 6. The van der Waals surface area contributed by atoms with Gasteiger partial charge in [0, 0.05) is 29.6 Å². The molecule has 0 amide bonds. The minimum absolute atomic E-state index is 0.0102. The molecular weight excluding hydrogens is 403 g/mol. The van der Waals surface area contributed by atoms with Crippen molar-refractivity contribution in [2.75, 3.05) is 6.61 Å². The molecule has 4 aliphatic rings. The molecule has 8 atom stereocenters. The van der Waals surface area contributed by atoms with Crippen LogP contribution >= 0.6 is 0 Å². The predicted molar refractivity (Wildman–Crippen MR) is 110 cm³/mol. The van der Waals surface area contributed by atoms with Crippen molar-refractivity contribution in [3.05, 3.63) is 11.6 Å². The minimum Gasteiger partial charge on any atom is -0.458 e. The minimum atomic E-state index is -1.93. The number of ketones is 2. The number of carbonyl (C=O) groups is 3. The van der Waals surface area contributed by atoms with Gasteiger partial charge < -0.3 is 14.9 Å². The van der Waals surface area contributed by atoms with Gasteiger partial charge in [-0.1, -0.05) is 26.3 Å². The zero-order chi connectivity index (χ0) is 23.0. The van der Waals surface area contributed by atoms with Crippen LogP contribution in [0.4, 0.5) is 4.39 Å². The molecule has 6 nitrogen and oxygen atoms in total. The molecule has 0 saturated heterocycles. The van der Waals surface area contributed by atoms with Crippen LogP contribution < -0.4 is 0 Å². The summed E-state index contributed by atoms with van der Waals surface area (Å²) in [5.41, 5.74) is -4.90. The van der Waals surface area contributed by atoms with E-state index in [2.05, 4.69) is 0 Å². The number of hydrogen-bond donors (Lipinski definition) is 2. The summed E-state index contributed by atoms with van der Waals surface area (Å²) in [4.78, 5) is 36.3. The van der Waals surface area contributed by atoms with E-state index in [1.165, 1.54) is 6.92 Å². The lowest BCUT2D eigenvalue weighted by molar-refractivity contribution is -0.228. The fourth-order valence-electron chi connectivity index (χ4n) is 7.64. The summed E-state index contributed by atoms with van der Waals surface area (Å²) in [6, 6.07) is 0. The number of aliphatic hydroxyl groups excluding tert-OH is 1. The molecule has 7 heteroatoms. The van der Waals surface area contributed by atoms with E-state index in [1.54, 1.807) is 19.9 Å².